The molecule has 3 rings (SSSR count). The van der Waals surface area contributed by atoms with Crippen molar-refractivity contribution in [3.63, 3.8) is 0 Å². The first-order valence-corrected chi connectivity index (χ1v) is 7.44. The van der Waals surface area contributed by atoms with Gasteiger partial charge in [0.2, 0.25) is 5.91 Å². The number of anilines is 1. The smallest absolute Gasteiger partial charge is 0.270 e. The molecule has 122 valence electrons. The number of aliphatic imine (C=N–C) groups is 1. The predicted octanol–water partition coefficient (Wildman–Crippen LogP) is 2.55. The van der Waals surface area contributed by atoms with E-state index in [9.17, 15) is 20.0 Å². The standard InChI is InChI=1S/C17H15N3O4/c21-16-7-6-15(20(23)24)9-12(16)11-18-13-3-1-4-14(10-13)19-8-2-5-17(19)22/h1,3-4,6-7,9-11,21H,2,5,8H2/p-1. The Morgan fingerprint density at radius 2 is 2.04 bits per heavy atom. The summed E-state index contributed by atoms with van der Waals surface area (Å²) in [5.41, 5.74) is 1.31. The van der Waals surface area contributed by atoms with Crippen LogP contribution in [0.2, 0.25) is 0 Å². The van der Waals surface area contributed by atoms with Crippen LogP contribution in [0.1, 0.15) is 18.4 Å². The molecule has 2 aromatic carbocycles. The first-order valence-electron chi connectivity index (χ1n) is 7.44. The molecule has 0 spiro atoms. The van der Waals surface area contributed by atoms with E-state index in [0.29, 0.717) is 18.7 Å². The maximum absolute atomic E-state index is 11.8. The minimum absolute atomic E-state index is 0.0802. The maximum Gasteiger partial charge on any atom is 0.270 e. The normalized spacial score (nSPS) is 14.5. The van der Waals surface area contributed by atoms with Crippen molar-refractivity contribution in [2.75, 3.05) is 11.4 Å². The second-order valence-corrected chi connectivity index (χ2v) is 5.41. The summed E-state index contributed by atoms with van der Waals surface area (Å²) in [4.78, 5) is 27.9. The van der Waals surface area contributed by atoms with E-state index >= 15 is 0 Å². The van der Waals surface area contributed by atoms with Gasteiger partial charge < -0.3 is 10.0 Å². The molecule has 1 aliphatic heterocycles. The van der Waals surface area contributed by atoms with Crippen LogP contribution in [0.4, 0.5) is 17.1 Å². The monoisotopic (exact) mass is 324 g/mol. The molecular weight excluding hydrogens is 310 g/mol. The number of nitro groups is 1. The molecule has 1 aliphatic rings. The van der Waals surface area contributed by atoms with Gasteiger partial charge in [0.1, 0.15) is 0 Å². The van der Waals surface area contributed by atoms with Crippen LogP contribution in [0.3, 0.4) is 0 Å². The Morgan fingerprint density at radius 1 is 1.21 bits per heavy atom. The molecule has 7 heteroatoms. The van der Waals surface area contributed by atoms with Gasteiger partial charge in [-0.1, -0.05) is 17.9 Å². The van der Waals surface area contributed by atoms with Crippen LogP contribution in [-0.2, 0) is 4.79 Å². The van der Waals surface area contributed by atoms with Gasteiger partial charge in [-0.25, -0.2) is 0 Å². The zero-order chi connectivity index (χ0) is 17.1. The summed E-state index contributed by atoms with van der Waals surface area (Å²) in [5, 5.41) is 22.6. The lowest BCUT2D eigenvalue weighted by Gasteiger charge is -2.15. The first kappa shape index (κ1) is 15.7. The van der Waals surface area contributed by atoms with Crippen molar-refractivity contribution in [3.8, 4) is 5.75 Å². The van der Waals surface area contributed by atoms with Crippen molar-refractivity contribution in [3.05, 3.63) is 58.1 Å². The van der Waals surface area contributed by atoms with Crippen molar-refractivity contribution in [1.29, 1.82) is 0 Å². The van der Waals surface area contributed by atoms with Crippen molar-refractivity contribution in [2.24, 2.45) is 4.99 Å². The highest BCUT2D eigenvalue weighted by Gasteiger charge is 2.21. The van der Waals surface area contributed by atoms with E-state index in [1.165, 1.54) is 18.3 Å². The van der Waals surface area contributed by atoms with Crippen molar-refractivity contribution >= 4 is 29.2 Å². The first-order chi connectivity index (χ1) is 11.5. The number of non-ortho nitro benzene ring substituents is 1. The Bertz CT molecular complexity index is 832. The quantitative estimate of drug-likeness (QED) is 0.490. The third-order valence-electron chi connectivity index (χ3n) is 3.77. The molecule has 24 heavy (non-hydrogen) atoms. The van der Waals surface area contributed by atoms with E-state index in [-0.39, 0.29) is 22.9 Å². The van der Waals surface area contributed by atoms with Crippen LogP contribution in [0, 0.1) is 10.1 Å². The Morgan fingerprint density at radius 3 is 2.75 bits per heavy atom. The van der Waals surface area contributed by atoms with Crippen molar-refractivity contribution < 1.29 is 14.8 Å². The molecule has 0 unspecified atom stereocenters. The summed E-state index contributed by atoms with van der Waals surface area (Å²) in [5.74, 6) is -0.258. The van der Waals surface area contributed by atoms with Gasteiger partial charge in [-0.3, -0.25) is 19.9 Å². The molecule has 0 aliphatic carbocycles. The molecule has 0 aromatic heterocycles. The number of nitrogens with zero attached hydrogens (tertiary/aromatic N) is 3. The van der Waals surface area contributed by atoms with Gasteiger partial charge >= 0.3 is 0 Å². The summed E-state index contributed by atoms with van der Waals surface area (Å²) >= 11 is 0. The Balaban J connectivity index is 1.86. The average molecular weight is 324 g/mol. The van der Waals surface area contributed by atoms with Gasteiger partial charge in [0.05, 0.1) is 10.6 Å². The van der Waals surface area contributed by atoms with E-state index < -0.39 is 4.92 Å². The number of hydrogen-bond acceptors (Lipinski definition) is 5. The number of rotatable bonds is 4. The zero-order valence-electron chi connectivity index (χ0n) is 12.7. The molecule has 0 N–H and O–H groups in total. The molecule has 0 bridgehead atoms. The second kappa shape index (κ2) is 6.49. The van der Waals surface area contributed by atoms with Gasteiger partial charge in [-0.2, -0.15) is 0 Å². The summed E-state index contributed by atoms with van der Waals surface area (Å²) in [6.45, 7) is 0.682. The van der Waals surface area contributed by atoms with Crippen LogP contribution < -0.4 is 10.0 Å². The maximum atomic E-state index is 11.8. The molecule has 0 saturated carbocycles. The van der Waals surface area contributed by atoms with Crippen LogP contribution >= 0.6 is 0 Å². The van der Waals surface area contributed by atoms with Crippen molar-refractivity contribution in [1.82, 2.24) is 0 Å². The summed E-state index contributed by atoms with van der Waals surface area (Å²) in [6.07, 6.45) is 2.68. The Labute approximate surface area is 138 Å². The van der Waals surface area contributed by atoms with E-state index in [2.05, 4.69) is 4.99 Å². The third-order valence-corrected chi connectivity index (χ3v) is 3.77. The summed E-state index contributed by atoms with van der Waals surface area (Å²) in [6, 6.07) is 10.6. The number of benzene rings is 2. The topological polar surface area (TPSA) is 98.9 Å². The molecule has 0 atom stereocenters. The van der Waals surface area contributed by atoms with Crippen molar-refractivity contribution in [2.45, 2.75) is 12.8 Å². The molecular formula is C17H14N3O4-. The van der Waals surface area contributed by atoms with Crippen LogP contribution in [0.15, 0.2) is 47.5 Å². The van der Waals surface area contributed by atoms with Crippen LogP contribution in [0.25, 0.3) is 0 Å². The van der Waals surface area contributed by atoms with Gasteiger partial charge in [-0.15, -0.1) is 0 Å². The zero-order valence-corrected chi connectivity index (χ0v) is 12.7. The average Bonchev–Trinajstić information content (AvgIpc) is 3.00. The number of nitro benzene ring substituents is 1. The third kappa shape index (κ3) is 3.24. The predicted molar refractivity (Wildman–Crippen MR) is 87.8 cm³/mol. The minimum atomic E-state index is -0.559. The summed E-state index contributed by atoms with van der Waals surface area (Å²) < 4.78 is 0. The highest BCUT2D eigenvalue weighted by atomic mass is 16.6. The fourth-order valence-electron chi connectivity index (χ4n) is 2.56. The van der Waals surface area contributed by atoms with E-state index in [1.54, 1.807) is 23.1 Å². The SMILES string of the molecule is O=C1CCCN1c1cccc(N=Cc2cc([N+](=O)[O-])ccc2[O-])c1. The second-order valence-electron chi connectivity index (χ2n) is 5.41. The van der Waals surface area contributed by atoms with E-state index in [1.807, 2.05) is 6.07 Å². The molecule has 1 amide bonds. The number of carbonyl (C=O) groups is 1. The summed E-state index contributed by atoms with van der Waals surface area (Å²) in [7, 11) is 0. The molecule has 7 nitrogen and oxygen atoms in total. The van der Waals surface area contributed by atoms with Crippen LogP contribution in [-0.4, -0.2) is 23.6 Å². The number of amides is 1. The number of carbonyl (C=O) groups excluding carboxylic acids is 1. The lowest BCUT2D eigenvalue weighted by atomic mass is 10.2. The molecule has 1 saturated heterocycles. The Kier molecular flexibility index (Phi) is 4.24. The molecule has 1 heterocycles. The van der Waals surface area contributed by atoms with Gasteiger partial charge in [0.25, 0.3) is 5.69 Å². The minimum Gasteiger partial charge on any atom is -0.872 e. The highest BCUT2D eigenvalue weighted by Crippen LogP contribution is 2.26. The largest absolute Gasteiger partial charge is 0.872 e. The van der Waals surface area contributed by atoms with Gasteiger partial charge in [0, 0.05) is 37.0 Å². The van der Waals surface area contributed by atoms with E-state index in [4.69, 9.17) is 0 Å². The van der Waals surface area contributed by atoms with Gasteiger partial charge in [0.15, 0.2) is 0 Å². The van der Waals surface area contributed by atoms with Gasteiger partial charge in [-0.05, 0) is 30.2 Å². The lowest BCUT2D eigenvalue weighted by molar-refractivity contribution is -0.385. The highest BCUT2D eigenvalue weighted by molar-refractivity contribution is 5.96. The fourth-order valence-corrected chi connectivity index (χ4v) is 2.56. The molecule has 1 fully saturated rings. The fraction of sp³-hybridized carbons (Fsp3) is 0.176. The molecule has 0 radical (unpaired) electrons. The lowest BCUT2D eigenvalue weighted by Crippen LogP contribution is -2.23. The Hall–Kier alpha value is -3.22. The van der Waals surface area contributed by atoms with Crippen LogP contribution in [0.5, 0.6) is 5.75 Å². The molecule has 2 aromatic rings. The van der Waals surface area contributed by atoms with E-state index in [0.717, 1.165) is 18.2 Å². The number of hydrogen-bond donors (Lipinski definition) is 0.